The van der Waals surface area contributed by atoms with Crippen LogP contribution in [0.2, 0.25) is 10.0 Å². The number of carbonyl (C=O) groups excluding carboxylic acids is 1. The van der Waals surface area contributed by atoms with Gasteiger partial charge in [0.15, 0.2) is 0 Å². The van der Waals surface area contributed by atoms with E-state index in [1.807, 2.05) is 30.3 Å². The molecule has 138 valence electrons. The number of carbonyl (C=O) groups is 1. The number of methoxy groups -OCH3 is 1. The van der Waals surface area contributed by atoms with E-state index in [0.29, 0.717) is 27.0 Å². The first-order valence-corrected chi connectivity index (χ1v) is 8.78. The highest BCUT2D eigenvalue weighted by molar-refractivity contribution is 6.35. The summed E-state index contributed by atoms with van der Waals surface area (Å²) in [5.74, 6) is -0.548. The number of hydrogen-bond acceptors (Lipinski definition) is 3. The average Bonchev–Trinajstić information content (AvgIpc) is 2.90. The Hall–Kier alpha value is -2.76. The smallest absolute Gasteiger partial charge is 0.330 e. The lowest BCUT2D eigenvalue weighted by Crippen LogP contribution is -2.20. The van der Waals surface area contributed by atoms with Crippen LogP contribution < -0.4 is 5.56 Å². The summed E-state index contributed by atoms with van der Waals surface area (Å²) < 4.78 is 7.77. The lowest BCUT2D eigenvalue weighted by Gasteiger charge is -2.12. The van der Waals surface area contributed by atoms with Crippen LogP contribution >= 0.6 is 23.2 Å². The molecule has 0 unspecified atom stereocenters. The highest BCUT2D eigenvalue weighted by atomic mass is 35.5. The molecule has 0 aliphatic heterocycles. The monoisotopic (exact) mass is 402 g/mol. The van der Waals surface area contributed by atoms with E-state index in [0.717, 1.165) is 5.56 Å². The van der Waals surface area contributed by atoms with Crippen LogP contribution in [-0.4, -0.2) is 22.4 Å². The van der Waals surface area contributed by atoms with Crippen LogP contribution in [0.15, 0.2) is 59.4 Å². The number of esters is 1. The Morgan fingerprint density at radius 2 is 1.81 bits per heavy atom. The van der Waals surface area contributed by atoms with Crippen LogP contribution in [0.3, 0.4) is 0 Å². The maximum atomic E-state index is 13.2. The summed E-state index contributed by atoms with van der Waals surface area (Å²) in [6, 6.07) is 14.3. The van der Waals surface area contributed by atoms with Gasteiger partial charge >= 0.3 is 5.97 Å². The van der Waals surface area contributed by atoms with Gasteiger partial charge in [0.25, 0.3) is 5.56 Å². The van der Waals surface area contributed by atoms with Gasteiger partial charge in [0.1, 0.15) is 0 Å². The molecule has 1 aromatic heterocycles. The predicted molar refractivity (Wildman–Crippen MR) is 108 cm³/mol. The van der Waals surface area contributed by atoms with Gasteiger partial charge in [0.05, 0.1) is 29.1 Å². The second-order valence-corrected chi connectivity index (χ2v) is 6.56. The van der Waals surface area contributed by atoms with Gasteiger partial charge in [-0.05, 0) is 24.3 Å². The zero-order chi connectivity index (χ0) is 19.6. The van der Waals surface area contributed by atoms with Crippen molar-refractivity contribution in [2.45, 2.75) is 0 Å². The van der Waals surface area contributed by atoms with Crippen molar-refractivity contribution in [1.29, 1.82) is 0 Å². The lowest BCUT2D eigenvalue weighted by atomic mass is 10.1. The Morgan fingerprint density at radius 3 is 2.44 bits per heavy atom. The van der Waals surface area contributed by atoms with Gasteiger partial charge in [-0.25, -0.2) is 9.48 Å². The standard InChI is InChI=1S/C20H16Cl2N2O3/c1-23-19(13-6-4-3-5-7-13)15(9-11-18(25)27-2)20(26)24(23)17-10-8-14(21)12-16(17)22/h3-12H,1-2H3/b11-9+. The van der Waals surface area contributed by atoms with Gasteiger partial charge in [-0.2, -0.15) is 0 Å². The van der Waals surface area contributed by atoms with Crippen LogP contribution in [-0.2, 0) is 16.6 Å². The van der Waals surface area contributed by atoms with Gasteiger partial charge in [0.2, 0.25) is 0 Å². The summed E-state index contributed by atoms with van der Waals surface area (Å²) in [5, 5.41) is 0.813. The van der Waals surface area contributed by atoms with E-state index in [4.69, 9.17) is 23.2 Å². The van der Waals surface area contributed by atoms with E-state index in [1.54, 1.807) is 29.9 Å². The Balaban J connectivity index is 2.31. The number of aromatic nitrogens is 2. The van der Waals surface area contributed by atoms with Gasteiger partial charge in [0, 0.05) is 23.7 Å². The van der Waals surface area contributed by atoms with Gasteiger partial charge in [-0.1, -0.05) is 53.5 Å². The first-order valence-electron chi connectivity index (χ1n) is 8.03. The highest BCUT2D eigenvalue weighted by Gasteiger charge is 2.20. The number of ether oxygens (including phenoxy) is 1. The molecular weight excluding hydrogens is 387 g/mol. The summed E-state index contributed by atoms with van der Waals surface area (Å²) in [7, 11) is 3.03. The zero-order valence-corrected chi connectivity index (χ0v) is 16.2. The maximum absolute atomic E-state index is 13.2. The molecule has 0 spiro atoms. The summed E-state index contributed by atoms with van der Waals surface area (Å²) in [4.78, 5) is 24.7. The van der Waals surface area contributed by atoms with E-state index in [1.165, 1.54) is 23.9 Å². The first kappa shape index (κ1) is 19.0. The SMILES string of the molecule is COC(=O)/C=C/c1c(-c2ccccc2)n(C)n(-c2ccc(Cl)cc2Cl)c1=O. The second-order valence-electron chi connectivity index (χ2n) is 5.72. The van der Waals surface area contributed by atoms with E-state index in [2.05, 4.69) is 4.74 Å². The van der Waals surface area contributed by atoms with Crippen molar-refractivity contribution >= 4 is 35.2 Å². The van der Waals surface area contributed by atoms with Crippen molar-refractivity contribution in [3.8, 4) is 16.9 Å². The number of hydrogen-bond donors (Lipinski definition) is 0. The van der Waals surface area contributed by atoms with Gasteiger partial charge in [-0.3, -0.25) is 9.48 Å². The minimum Gasteiger partial charge on any atom is -0.466 e. The molecule has 0 saturated heterocycles. The van der Waals surface area contributed by atoms with E-state index in [9.17, 15) is 9.59 Å². The summed E-state index contributed by atoms with van der Waals surface area (Å²) in [6.45, 7) is 0. The topological polar surface area (TPSA) is 53.2 Å². The molecule has 0 saturated carbocycles. The number of benzene rings is 2. The van der Waals surface area contributed by atoms with Gasteiger partial charge < -0.3 is 4.74 Å². The summed E-state index contributed by atoms with van der Waals surface area (Å²) in [6.07, 6.45) is 2.67. The molecule has 1 heterocycles. The molecule has 3 rings (SSSR count). The maximum Gasteiger partial charge on any atom is 0.330 e. The fourth-order valence-corrected chi connectivity index (χ4v) is 3.35. The molecule has 0 N–H and O–H groups in total. The van der Waals surface area contributed by atoms with Crippen LogP contribution in [0, 0.1) is 0 Å². The van der Waals surface area contributed by atoms with Crippen LogP contribution in [0.4, 0.5) is 0 Å². The molecule has 0 amide bonds. The van der Waals surface area contributed by atoms with Gasteiger partial charge in [-0.15, -0.1) is 0 Å². The molecule has 0 aliphatic carbocycles. The molecule has 27 heavy (non-hydrogen) atoms. The molecule has 5 nitrogen and oxygen atoms in total. The van der Waals surface area contributed by atoms with Crippen molar-refractivity contribution in [3.05, 3.63) is 80.6 Å². The normalized spacial score (nSPS) is 11.1. The zero-order valence-electron chi connectivity index (χ0n) is 14.6. The fraction of sp³-hybridized carbons (Fsp3) is 0.100. The third kappa shape index (κ3) is 3.70. The summed E-state index contributed by atoms with van der Waals surface area (Å²) in [5.41, 5.74) is 1.99. The molecular formula is C20H16Cl2N2O3. The van der Waals surface area contributed by atoms with Crippen molar-refractivity contribution < 1.29 is 9.53 Å². The van der Waals surface area contributed by atoms with E-state index in [-0.39, 0.29) is 5.56 Å². The average molecular weight is 403 g/mol. The lowest BCUT2D eigenvalue weighted by molar-refractivity contribution is -0.134. The fourth-order valence-electron chi connectivity index (χ4n) is 2.86. The van der Waals surface area contributed by atoms with Crippen molar-refractivity contribution in [3.63, 3.8) is 0 Å². The third-order valence-electron chi connectivity index (χ3n) is 4.07. The Labute approximate surface area is 166 Å². The minimum atomic E-state index is -0.548. The Kier molecular flexibility index (Phi) is 5.54. The predicted octanol–water partition coefficient (Wildman–Crippen LogP) is 4.34. The van der Waals surface area contributed by atoms with E-state index < -0.39 is 5.97 Å². The summed E-state index contributed by atoms with van der Waals surface area (Å²) >= 11 is 12.3. The van der Waals surface area contributed by atoms with Crippen LogP contribution in [0.1, 0.15) is 5.56 Å². The van der Waals surface area contributed by atoms with Crippen LogP contribution in [0.25, 0.3) is 23.0 Å². The number of halogens is 2. The largest absolute Gasteiger partial charge is 0.466 e. The van der Waals surface area contributed by atoms with E-state index >= 15 is 0 Å². The third-order valence-corrected chi connectivity index (χ3v) is 4.61. The van der Waals surface area contributed by atoms with Crippen molar-refractivity contribution in [1.82, 2.24) is 9.36 Å². The molecule has 0 bridgehead atoms. The molecule has 3 aromatic rings. The van der Waals surface area contributed by atoms with Crippen LogP contribution in [0.5, 0.6) is 0 Å². The Bertz CT molecular complexity index is 1080. The van der Waals surface area contributed by atoms with Crippen molar-refractivity contribution in [2.24, 2.45) is 7.05 Å². The quantitative estimate of drug-likeness (QED) is 0.481. The second kappa shape index (κ2) is 7.86. The molecule has 0 radical (unpaired) electrons. The minimum absolute atomic E-state index is 0.319. The molecule has 0 atom stereocenters. The molecule has 0 fully saturated rings. The first-order chi connectivity index (χ1) is 12.9. The highest BCUT2D eigenvalue weighted by Crippen LogP contribution is 2.28. The van der Waals surface area contributed by atoms with Crippen molar-refractivity contribution in [2.75, 3.05) is 7.11 Å². The molecule has 0 aliphatic rings. The number of nitrogens with zero attached hydrogens (tertiary/aromatic N) is 2. The Morgan fingerprint density at radius 1 is 1.11 bits per heavy atom. The molecule has 2 aromatic carbocycles. The molecule has 7 heteroatoms. The number of rotatable bonds is 4.